The van der Waals surface area contributed by atoms with Crippen molar-refractivity contribution in [3.63, 3.8) is 0 Å². The lowest BCUT2D eigenvalue weighted by atomic mass is 9.94. The van der Waals surface area contributed by atoms with Crippen LogP contribution in [0.15, 0.2) is 28.7 Å². The van der Waals surface area contributed by atoms with Crippen LogP contribution >= 0.6 is 15.9 Å². The molecule has 0 fully saturated rings. The van der Waals surface area contributed by atoms with E-state index < -0.39 is 0 Å². The van der Waals surface area contributed by atoms with Gasteiger partial charge in [0.15, 0.2) is 0 Å². The molecule has 1 aromatic carbocycles. The number of nitrogens with one attached hydrogen (secondary N) is 1. The van der Waals surface area contributed by atoms with E-state index in [1.165, 1.54) is 0 Å². The Hall–Kier alpha value is -0.765. The lowest BCUT2D eigenvalue weighted by molar-refractivity contribution is -0.122. The highest BCUT2D eigenvalue weighted by Gasteiger charge is 2.22. The van der Waals surface area contributed by atoms with Crippen LogP contribution < -0.4 is 5.32 Å². The van der Waals surface area contributed by atoms with Crippen LogP contribution in [0, 0.1) is 0 Å². The van der Waals surface area contributed by atoms with Gasteiger partial charge in [-0.05, 0) is 38.0 Å². The van der Waals surface area contributed by atoms with E-state index in [1.807, 2.05) is 38.1 Å². The molecule has 0 saturated carbocycles. The molecule has 1 N–H and O–H groups in total. The average Bonchev–Trinajstić information content (AvgIpc) is 2.29. The van der Waals surface area contributed by atoms with Gasteiger partial charge in [0.25, 0.3) is 0 Å². The molecular formula is C14H19BBrNO. The van der Waals surface area contributed by atoms with Gasteiger partial charge >= 0.3 is 0 Å². The zero-order chi connectivity index (χ0) is 13.6. The molecule has 0 aromatic heterocycles. The second-order valence-corrected chi connectivity index (χ2v) is 5.84. The van der Waals surface area contributed by atoms with Gasteiger partial charge in [0.05, 0.1) is 13.4 Å². The van der Waals surface area contributed by atoms with E-state index in [4.69, 9.17) is 7.85 Å². The quantitative estimate of drug-likeness (QED) is 0.632. The van der Waals surface area contributed by atoms with Crippen molar-refractivity contribution >= 4 is 29.7 Å². The third-order valence-corrected chi connectivity index (χ3v) is 3.40. The Balaban J connectivity index is 2.58. The topological polar surface area (TPSA) is 29.1 Å². The SMILES string of the molecule is [B]CCCCC(=O)NC(C)(C)c1ccc(Br)cc1. The van der Waals surface area contributed by atoms with Gasteiger partial charge in [0.1, 0.15) is 0 Å². The van der Waals surface area contributed by atoms with Gasteiger partial charge in [-0.3, -0.25) is 4.79 Å². The zero-order valence-electron chi connectivity index (χ0n) is 11.0. The number of hydrogen-bond donors (Lipinski definition) is 1. The number of rotatable bonds is 6. The predicted molar refractivity (Wildman–Crippen MR) is 79.7 cm³/mol. The molecule has 1 rings (SSSR count). The molecule has 4 heteroatoms. The van der Waals surface area contributed by atoms with E-state index in [1.54, 1.807) is 0 Å². The lowest BCUT2D eigenvalue weighted by Crippen LogP contribution is -2.40. The van der Waals surface area contributed by atoms with Crippen molar-refractivity contribution in [2.24, 2.45) is 0 Å². The van der Waals surface area contributed by atoms with Crippen LogP contribution in [-0.2, 0) is 10.3 Å². The van der Waals surface area contributed by atoms with Crippen LogP contribution in [-0.4, -0.2) is 13.8 Å². The Bertz CT molecular complexity index is 389. The third-order valence-electron chi connectivity index (χ3n) is 2.88. The maximum atomic E-state index is 11.8. The van der Waals surface area contributed by atoms with E-state index in [0.717, 1.165) is 22.9 Å². The second-order valence-electron chi connectivity index (χ2n) is 4.93. The summed E-state index contributed by atoms with van der Waals surface area (Å²) in [7, 11) is 5.41. The molecule has 1 aromatic rings. The monoisotopic (exact) mass is 307 g/mol. The summed E-state index contributed by atoms with van der Waals surface area (Å²) >= 11 is 3.41. The van der Waals surface area contributed by atoms with Crippen molar-refractivity contribution in [2.75, 3.05) is 0 Å². The Morgan fingerprint density at radius 3 is 2.44 bits per heavy atom. The summed E-state index contributed by atoms with van der Waals surface area (Å²) in [5.74, 6) is 0.0800. The average molecular weight is 308 g/mol. The zero-order valence-corrected chi connectivity index (χ0v) is 12.6. The molecule has 0 aliphatic carbocycles. The molecule has 0 bridgehead atoms. The van der Waals surface area contributed by atoms with Crippen LogP contribution in [0.25, 0.3) is 0 Å². The van der Waals surface area contributed by atoms with Crippen LogP contribution in [0.3, 0.4) is 0 Å². The van der Waals surface area contributed by atoms with Crippen LogP contribution in [0.4, 0.5) is 0 Å². The molecule has 0 aliphatic heterocycles. The molecule has 1 amide bonds. The third kappa shape index (κ3) is 4.85. The largest absolute Gasteiger partial charge is 0.347 e. The predicted octanol–water partition coefficient (Wildman–Crippen LogP) is 3.56. The Labute approximate surface area is 119 Å². The fourth-order valence-corrected chi connectivity index (χ4v) is 2.04. The van der Waals surface area contributed by atoms with Gasteiger partial charge in [-0.15, -0.1) is 0 Å². The highest BCUT2D eigenvalue weighted by atomic mass is 79.9. The fraction of sp³-hybridized carbons (Fsp3) is 0.500. The molecule has 96 valence electrons. The maximum Gasteiger partial charge on any atom is 0.220 e. The number of unbranched alkanes of at least 4 members (excludes halogenated alkanes) is 1. The van der Waals surface area contributed by atoms with E-state index in [0.29, 0.717) is 12.7 Å². The Kier molecular flexibility index (Phi) is 5.93. The molecule has 0 aliphatic rings. The number of hydrogen-bond acceptors (Lipinski definition) is 1. The summed E-state index contributed by atoms with van der Waals surface area (Å²) in [5.41, 5.74) is 0.749. The van der Waals surface area contributed by atoms with Gasteiger partial charge in [-0.25, -0.2) is 0 Å². The van der Waals surface area contributed by atoms with E-state index >= 15 is 0 Å². The number of carbonyl (C=O) groups is 1. The molecule has 2 radical (unpaired) electrons. The molecule has 2 nitrogen and oxygen atoms in total. The Morgan fingerprint density at radius 1 is 1.28 bits per heavy atom. The van der Waals surface area contributed by atoms with E-state index in [2.05, 4.69) is 21.2 Å². The summed E-state index contributed by atoms with van der Waals surface area (Å²) in [4.78, 5) is 11.8. The van der Waals surface area contributed by atoms with Gasteiger partial charge in [-0.1, -0.05) is 40.8 Å². The minimum Gasteiger partial charge on any atom is -0.347 e. The first kappa shape index (κ1) is 15.3. The van der Waals surface area contributed by atoms with E-state index in [-0.39, 0.29) is 11.4 Å². The highest BCUT2D eigenvalue weighted by Crippen LogP contribution is 2.22. The fourth-order valence-electron chi connectivity index (χ4n) is 1.78. The van der Waals surface area contributed by atoms with Crippen molar-refractivity contribution in [3.05, 3.63) is 34.3 Å². The Morgan fingerprint density at radius 2 is 1.89 bits per heavy atom. The van der Waals surface area contributed by atoms with E-state index in [9.17, 15) is 4.79 Å². The second kappa shape index (κ2) is 6.98. The van der Waals surface area contributed by atoms with Crippen molar-refractivity contribution in [3.8, 4) is 0 Å². The first-order chi connectivity index (χ1) is 8.45. The first-order valence-electron chi connectivity index (χ1n) is 6.23. The van der Waals surface area contributed by atoms with Crippen molar-refractivity contribution < 1.29 is 4.79 Å². The van der Waals surface area contributed by atoms with Crippen molar-refractivity contribution in [1.29, 1.82) is 0 Å². The highest BCUT2D eigenvalue weighted by molar-refractivity contribution is 9.10. The molecule has 0 spiro atoms. The summed E-state index contributed by atoms with van der Waals surface area (Å²) in [5, 5.41) is 3.06. The normalized spacial score (nSPS) is 11.3. The summed E-state index contributed by atoms with van der Waals surface area (Å²) in [6.07, 6.45) is 2.92. The molecule has 18 heavy (non-hydrogen) atoms. The number of halogens is 1. The minimum atomic E-state index is -0.347. The van der Waals surface area contributed by atoms with Gasteiger partial charge in [0, 0.05) is 10.9 Å². The lowest BCUT2D eigenvalue weighted by Gasteiger charge is -2.27. The molecule has 0 heterocycles. The van der Waals surface area contributed by atoms with Gasteiger partial charge < -0.3 is 5.32 Å². The smallest absolute Gasteiger partial charge is 0.220 e. The summed E-state index contributed by atoms with van der Waals surface area (Å²) in [6.45, 7) is 4.02. The number of benzene rings is 1. The van der Waals surface area contributed by atoms with Crippen LogP contribution in [0.2, 0.25) is 6.32 Å². The molecule has 0 unspecified atom stereocenters. The summed E-state index contributed by atoms with van der Waals surface area (Å²) < 4.78 is 1.04. The molecule has 0 saturated heterocycles. The number of amides is 1. The van der Waals surface area contributed by atoms with Gasteiger partial charge in [-0.2, -0.15) is 0 Å². The number of carbonyl (C=O) groups excluding carboxylic acids is 1. The molecule has 0 atom stereocenters. The first-order valence-corrected chi connectivity index (χ1v) is 7.02. The summed E-state index contributed by atoms with van der Waals surface area (Å²) in [6, 6.07) is 8.00. The van der Waals surface area contributed by atoms with Crippen LogP contribution in [0.1, 0.15) is 38.7 Å². The maximum absolute atomic E-state index is 11.8. The van der Waals surface area contributed by atoms with Crippen molar-refractivity contribution in [2.45, 2.75) is 45.0 Å². The van der Waals surface area contributed by atoms with Gasteiger partial charge in [0.2, 0.25) is 5.91 Å². The van der Waals surface area contributed by atoms with Crippen molar-refractivity contribution in [1.82, 2.24) is 5.32 Å². The molecular weight excluding hydrogens is 289 g/mol. The van der Waals surface area contributed by atoms with Crippen LogP contribution in [0.5, 0.6) is 0 Å². The standard InChI is InChI=1S/C14H19BBrNO/c1-14(2,11-6-8-12(16)9-7-11)17-13(18)5-3-4-10-15/h6-9H,3-5,10H2,1-2H3,(H,17,18). The minimum absolute atomic E-state index is 0.0800.